The lowest BCUT2D eigenvalue weighted by molar-refractivity contribution is 0.0625. The lowest BCUT2D eigenvalue weighted by Gasteiger charge is -2.08. The molecule has 1 aromatic rings. The summed E-state index contributed by atoms with van der Waals surface area (Å²) in [7, 11) is 0. The number of halogens is 1. The van der Waals surface area contributed by atoms with Gasteiger partial charge >= 0.3 is 0 Å². The van der Waals surface area contributed by atoms with Crippen molar-refractivity contribution in [2.45, 2.75) is 20.0 Å². The SMILES string of the molecule is Cc1ccc(C(=O)Cl)cc1C1=CC(C)ON1. The van der Waals surface area contributed by atoms with Crippen molar-refractivity contribution in [3.05, 3.63) is 41.0 Å². The minimum atomic E-state index is -0.450. The van der Waals surface area contributed by atoms with E-state index in [-0.39, 0.29) is 6.10 Å². The second kappa shape index (κ2) is 4.28. The first-order valence-corrected chi connectivity index (χ1v) is 5.40. The molecule has 1 N–H and O–H groups in total. The molecule has 1 atom stereocenters. The van der Waals surface area contributed by atoms with Crippen LogP contribution < -0.4 is 5.48 Å². The van der Waals surface area contributed by atoms with Gasteiger partial charge in [-0.2, -0.15) is 0 Å². The molecule has 0 saturated heterocycles. The zero-order valence-electron chi connectivity index (χ0n) is 9.08. The molecular formula is C12H12ClNO2. The van der Waals surface area contributed by atoms with Gasteiger partial charge in [-0.1, -0.05) is 6.07 Å². The lowest BCUT2D eigenvalue weighted by Crippen LogP contribution is -2.09. The van der Waals surface area contributed by atoms with Crippen molar-refractivity contribution >= 4 is 22.5 Å². The van der Waals surface area contributed by atoms with Crippen LogP contribution in [0.2, 0.25) is 0 Å². The Hall–Kier alpha value is -1.32. The van der Waals surface area contributed by atoms with Gasteiger partial charge in [0.25, 0.3) is 5.24 Å². The van der Waals surface area contributed by atoms with Gasteiger partial charge in [0.2, 0.25) is 0 Å². The summed E-state index contributed by atoms with van der Waals surface area (Å²) in [5, 5.41) is -0.450. The highest BCUT2D eigenvalue weighted by atomic mass is 35.5. The van der Waals surface area contributed by atoms with E-state index in [0.717, 1.165) is 16.8 Å². The van der Waals surface area contributed by atoms with E-state index in [4.69, 9.17) is 16.4 Å². The third-order valence-corrected chi connectivity index (χ3v) is 2.73. The largest absolute Gasteiger partial charge is 0.276 e. The van der Waals surface area contributed by atoms with Crippen molar-refractivity contribution in [3.63, 3.8) is 0 Å². The minimum absolute atomic E-state index is 0.0322. The first-order valence-electron chi connectivity index (χ1n) is 5.02. The summed E-state index contributed by atoms with van der Waals surface area (Å²) in [5.41, 5.74) is 6.21. The predicted octanol–water partition coefficient (Wildman–Crippen LogP) is 2.64. The maximum absolute atomic E-state index is 11.1. The fourth-order valence-corrected chi connectivity index (χ4v) is 1.76. The van der Waals surface area contributed by atoms with Crippen LogP contribution >= 0.6 is 11.6 Å². The third-order valence-electron chi connectivity index (χ3n) is 2.51. The highest BCUT2D eigenvalue weighted by molar-refractivity contribution is 6.67. The van der Waals surface area contributed by atoms with Crippen LogP contribution in [-0.2, 0) is 4.84 Å². The molecule has 16 heavy (non-hydrogen) atoms. The Labute approximate surface area is 99.0 Å². The van der Waals surface area contributed by atoms with E-state index in [1.807, 2.05) is 26.0 Å². The van der Waals surface area contributed by atoms with Gasteiger partial charge in [0.15, 0.2) is 0 Å². The Kier molecular flexibility index (Phi) is 2.99. The van der Waals surface area contributed by atoms with Gasteiger partial charge in [-0.25, -0.2) is 0 Å². The maximum atomic E-state index is 11.1. The molecule has 0 saturated carbocycles. The molecule has 3 nitrogen and oxygen atoms in total. The van der Waals surface area contributed by atoms with Crippen LogP contribution in [0.15, 0.2) is 24.3 Å². The van der Waals surface area contributed by atoms with Crippen molar-refractivity contribution in [3.8, 4) is 0 Å². The first kappa shape index (κ1) is 11.2. The average Bonchev–Trinajstić information content (AvgIpc) is 2.65. The maximum Gasteiger partial charge on any atom is 0.252 e. The molecule has 84 valence electrons. The summed E-state index contributed by atoms with van der Waals surface area (Å²) >= 11 is 5.45. The van der Waals surface area contributed by atoms with Gasteiger partial charge in [-0.3, -0.25) is 15.1 Å². The summed E-state index contributed by atoms with van der Waals surface area (Å²) in [5.74, 6) is 0. The van der Waals surface area contributed by atoms with Gasteiger partial charge < -0.3 is 0 Å². The van der Waals surface area contributed by atoms with Gasteiger partial charge in [-0.15, -0.1) is 0 Å². The van der Waals surface area contributed by atoms with Crippen LogP contribution in [0, 0.1) is 6.92 Å². The van der Waals surface area contributed by atoms with Gasteiger partial charge in [0, 0.05) is 11.1 Å². The number of nitrogens with one attached hydrogen (secondary N) is 1. The van der Waals surface area contributed by atoms with Crippen molar-refractivity contribution in [1.29, 1.82) is 0 Å². The number of aryl methyl sites for hydroxylation is 1. The molecule has 1 aliphatic rings. The predicted molar refractivity (Wildman–Crippen MR) is 63.0 cm³/mol. The van der Waals surface area contributed by atoms with Gasteiger partial charge in [0.05, 0.1) is 5.70 Å². The van der Waals surface area contributed by atoms with E-state index in [2.05, 4.69) is 5.48 Å². The van der Waals surface area contributed by atoms with Crippen molar-refractivity contribution < 1.29 is 9.63 Å². The Morgan fingerprint density at radius 2 is 2.25 bits per heavy atom. The van der Waals surface area contributed by atoms with E-state index < -0.39 is 5.24 Å². The third kappa shape index (κ3) is 2.10. The molecular weight excluding hydrogens is 226 g/mol. The molecule has 0 fully saturated rings. The van der Waals surface area contributed by atoms with Gasteiger partial charge in [0.1, 0.15) is 6.10 Å². The Morgan fingerprint density at radius 3 is 2.81 bits per heavy atom. The van der Waals surface area contributed by atoms with E-state index >= 15 is 0 Å². The molecule has 1 aliphatic heterocycles. The highest BCUT2D eigenvalue weighted by Crippen LogP contribution is 2.23. The van der Waals surface area contributed by atoms with E-state index in [0.29, 0.717) is 5.56 Å². The van der Waals surface area contributed by atoms with E-state index in [1.165, 1.54) is 0 Å². The topological polar surface area (TPSA) is 38.3 Å². The normalized spacial score (nSPS) is 19.2. The zero-order chi connectivity index (χ0) is 11.7. The minimum Gasteiger partial charge on any atom is -0.276 e. The zero-order valence-corrected chi connectivity index (χ0v) is 9.84. The molecule has 0 aromatic heterocycles. The summed E-state index contributed by atoms with van der Waals surface area (Å²) in [6, 6.07) is 5.36. The lowest BCUT2D eigenvalue weighted by atomic mass is 10.0. The molecule has 2 rings (SSSR count). The second-order valence-electron chi connectivity index (χ2n) is 3.81. The standard InChI is InChI=1S/C12H12ClNO2/c1-7-3-4-9(12(13)15)6-10(7)11-5-8(2)16-14-11/h3-6,8,14H,1-2H3. The van der Waals surface area contributed by atoms with Crippen LogP contribution in [-0.4, -0.2) is 11.3 Å². The van der Waals surface area contributed by atoms with Crippen LogP contribution in [0.5, 0.6) is 0 Å². The van der Waals surface area contributed by atoms with Crippen molar-refractivity contribution in [2.75, 3.05) is 0 Å². The van der Waals surface area contributed by atoms with Crippen LogP contribution in [0.25, 0.3) is 5.70 Å². The summed E-state index contributed by atoms with van der Waals surface area (Å²) in [4.78, 5) is 16.3. The first-order chi connectivity index (χ1) is 7.58. The molecule has 0 amide bonds. The van der Waals surface area contributed by atoms with Gasteiger partial charge in [-0.05, 0) is 49.2 Å². The Bertz CT molecular complexity index is 468. The summed E-state index contributed by atoms with van der Waals surface area (Å²) in [6.07, 6.45) is 2.00. The van der Waals surface area contributed by atoms with Crippen molar-refractivity contribution in [2.24, 2.45) is 0 Å². The van der Waals surface area contributed by atoms with Crippen LogP contribution in [0.3, 0.4) is 0 Å². The van der Waals surface area contributed by atoms with Crippen molar-refractivity contribution in [1.82, 2.24) is 5.48 Å². The highest BCUT2D eigenvalue weighted by Gasteiger charge is 2.16. The fourth-order valence-electron chi connectivity index (χ4n) is 1.64. The molecule has 0 radical (unpaired) electrons. The van der Waals surface area contributed by atoms with E-state index in [9.17, 15) is 4.79 Å². The number of carbonyl (C=O) groups is 1. The smallest absolute Gasteiger partial charge is 0.252 e. The molecule has 1 heterocycles. The summed E-state index contributed by atoms with van der Waals surface area (Å²) < 4.78 is 0. The molecule has 0 bridgehead atoms. The fraction of sp³-hybridized carbons (Fsp3) is 0.250. The molecule has 4 heteroatoms. The quantitative estimate of drug-likeness (QED) is 0.804. The number of benzene rings is 1. The molecule has 1 aromatic carbocycles. The summed E-state index contributed by atoms with van der Waals surface area (Å²) in [6.45, 7) is 3.91. The molecule has 0 spiro atoms. The Morgan fingerprint density at radius 1 is 1.50 bits per heavy atom. The number of rotatable bonds is 2. The monoisotopic (exact) mass is 237 g/mol. The number of hydrogen-bond donors (Lipinski definition) is 1. The number of carbonyl (C=O) groups excluding carboxylic acids is 1. The molecule has 1 unspecified atom stereocenters. The molecule has 0 aliphatic carbocycles. The average molecular weight is 238 g/mol. The van der Waals surface area contributed by atoms with Crippen LogP contribution in [0.1, 0.15) is 28.4 Å². The second-order valence-corrected chi connectivity index (χ2v) is 4.15. The Balaban J connectivity index is 2.43. The van der Waals surface area contributed by atoms with Crippen LogP contribution in [0.4, 0.5) is 0 Å². The number of hydroxylamine groups is 1. The number of hydrogen-bond acceptors (Lipinski definition) is 3. The van der Waals surface area contributed by atoms with E-state index in [1.54, 1.807) is 12.1 Å².